The van der Waals surface area contributed by atoms with E-state index < -0.39 is 0 Å². The molecule has 0 saturated heterocycles. The lowest BCUT2D eigenvalue weighted by Crippen LogP contribution is -2.13. The first-order chi connectivity index (χ1) is 15.6. The number of hydrogen-bond donors (Lipinski definition) is 2. The highest BCUT2D eigenvalue weighted by molar-refractivity contribution is 7.15. The van der Waals surface area contributed by atoms with E-state index in [0.717, 1.165) is 11.4 Å². The molecule has 1 heterocycles. The van der Waals surface area contributed by atoms with Gasteiger partial charge in [0.05, 0.1) is 0 Å². The number of anilines is 2. The van der Waals surface area contributed by atoms with E-state index in [1.54, 1.807) is 36.4 Å². The molecule has 0 aliphatic rings. The summed E-state index contributed by atoms with van der Waals surface area (Å²) in [6.45, 7) is 2.15. The molecule has 0 bridgehead atoms. The van der Waals surface area contributed by atoms with E-state index in [4.69, 9.17) is 0 Å². The van der Waals surface area contributed by atoms with Crippen molar-refractivity contribution < 1.29 is 9.59 Å². The number of nitrogens with zero attached hydrogens (tertiary/aromatic N) is 2. The van der Waals surface area contributed by atoms with Crippen LogP contribution in [0.5, 0.6) is 0 Å². The number of carbonyl (C=O) groups is 2. The van der Waals surface area contributed by atoms with Gasteiger partial charge in [0.15, 0.2) is 0 Å². The highest BCUT2D eigenvalue weighted by atomic mass is 32.1. The van der Waals surface area contributed by atoms with Crippen molar-refractivity contribution in [3.63, 3.8) is 0 Å². The van der Waals surface area contributed by atoms with Crippen LogP contribution in [-0.2, 0) is 6.42 Å². The summed E-state index contributed by atoms with van der Waals surface area (Å²) in [6.07, 6.45) is 0.757. The van der Waals surface area contributed by atoms with Crippen LogP contribution in [0.25, 0.3) is 0 Å². The van der Waals surface area contributed by atoms with Gasteiger partial charge in [0.1, 0.15) is 5.01 Å². The fourth-order valence-electron chi connectivity index (χ4n) is 3.21. The third-order valence-corrected chi connectivity index (χ3v) is 5.84. The van der Waals surface area contributed by atoms with Crippen molar-refractivity contribution in [2.45, 2.75) is 19.3 Å². The minimum absolute atomic E-state index is 0.200. The van der Waals surface area contributed by atoms with Crippen molar-refractivity contribution >= 4 is 34.0 Å². The lowest BCUT2D eigenvalue weighted by atomic mass is 9.98. The second-order valence-corrected chi connectivity index (χ2v) is 8.43. The van der Waals surface area contributed by atoms with Crippen LogP contribution in [-0.4, -0.2) is 22.0 Å². The SMILES string of the molecule is CC(Cc1nnc(NC(=O)c2ccc(NC(=O)c3ccccc3)cc2)s1)c1ccccc1. The number of hydrogen-bond acceptors (Lipinski definition) is 5. The number of rotatable bonds is 7. The summed E-state index contributed by atoms with van der Waals surface area (Å²) in [5.41, 5.74) is 2.90. The fraction of sp³-hybridized carbons (Fsp3) is 0.120. The summed E-state index contributed by atoms with van der Waals surface area (Å²) in [5, 5.41) is 15.3. The van der Waals surface area contributed by atoms with Gasteiger partial charge in [-0.05, 0) is 47.9 Å². The standard InChI is InChI=1S/C25H22N4O2S/c1-17(18-8-4-2-5-9-18)16-22-28-29-25(32-22)27-24(31)20-12-14-21(15-13-20)26-23(30)19-10-6-3-7-11-19/h2-15,17H,16H2,1H3,(H,26,30)(H,27,29,31). The summed E-state index contributed by atoms with van der Waals surface area (Å²) < 4.78 is 0. The molecule has 0 aliphatic carbocycles. The Hall–Kier alpha value is -3.84. The number of amides is 2. The van der Waals surface area contributed by atoms with Crippen LogP contribution < -0.4 is 10.6 Å². The maximum atomic E-state index is 12.6. The van der Waals surface area contributed by atoms with E-state index in [1.807, 2.05) is 36.4 Å². The highest BCUT2D eigenvalue weighted by Gasteiger charge is 2.14. The molecule has 1 atom stereocenters. The Bertz CT molecular complexity index is 1190. The molecular weight excluding hydrogens is 420 g/mol. The van der Waals surface area contributed by atoms with Gasteiger partial charge in [0, 0.05) is 23.2 Å². The number of nitrogens with one attached hydrogen (secondary N) is 2. The van der Waals surface area contributed by atoms with E-state index >= 15 is 0 Å². The number of aromatic nitrogens is 2. The van der Waals surface area contributed by atoms with Crippen molar-refractivity contribution in [2.24, 2.45) is 0 Å². The summed E-state index contributed by atoms with van der Waals surface area (Å²) in [7, 11) is 0. The van der Waals surface area contributed by atoms with Crippen molar-refractivity contribution in [1.82, 2.24) is 10.2 Å². The Balaban J connectivity index is 1.33. The van der Waals surface area contributed by atoms with E-state index in [1.165, 1.54) is 16.9 Å². The van der Waals surface area contributed by atoms with Crippen LogP contribution in [0.15, 0.2) is 84.9 Å². The molecule has 32 heavy (non-hydrogen) atoms. The van der Waals surface area contributed by atoms with Gasteiger partial charge < -0.3 is 5.32 Å². The molecule has 7 heteroatoms. The van der Waals surface area contributed by atoms with Gasteiger partial charge >= 0.3 is 0 Å². The molecule has 0 spiro atoms. The van der Waals surface area contributed by atoms with Crippen molar-refractivity contribution in [3.8, 4) is 0 Å². The average molecular weight is 443 g/mol. The molecule has 4 aromatic rings. The van der Waals surface area contributed by atoms with Gasteiger partial charge in [0.2, 0.25) is 5.13 Å². The molecule has 0 aliphatic heterocycles. The monoisotopic (exact) mass is 442 g/mol. The Morgan fingerprint density at radius 3 is 2.06 bits per heavy atom. The Morgan fingerprint density at radius 1 is 0.781 bits per heavy atom. The van der Waals surface area contributed by atoms with Gasteiger partial charge in [-0.25, -0.2) is 0 Å². The molecule has 6 nitrogen and oxygen atoms in total. The molecular formula is C25H22N4O2S. The smallest absolute Gasteiger partial charge is 0.257 e. The molecule has 160 valence electrons. The molecule has 1 aromatic heterocycles. The Morgan fingerprint density at radius 2 is 1.38 bits per heavy atom. The quantitative estimate of drug-likeness (QED) is 0.402. The second-order valence-electron chi connectivity index (χ2n) is 7.37. The van der Waals surface area contributed by atoms with Gasteiger partial charge in [-0.2, -0.15) is 0 Å². The van der Waals surface area contributed by atoms with Gasteiger partial charge in [-0.3, -0.25) is 14.9 Å². The fourth-order valence-corrected chi connectivity index (χ4v) is 4.08. The third-order valence-electron chi connectivity index (χ3n) is 4.98. The Labute approximate surface area is 190 Å². The molecule has 1 unspecified atom stereocenters. The first-order valence-corrected chi connectivity index (χ1v) is 11.1. The average Bonchev–Trinajstić information content (AvgIpc) is 3.27. The maximum absolute atomic E-state index is 12.6. The molecule has 2 amide bonds. The minimum atomic E-state index is -0.273. The summed E-state index contributed by atoms with van der Waals surface area (Å²) in [4.78, 5) is 24.8. The van der Waals surface area contributed by atoms with Crippen molar-refractivity contribution in [3.05, 3.63) is 107 Å². The third kappa shape index (κ3) is 5.44. The first kappa shape index (κ1) is 21.4. The van der Waals surface area contributed by atoms with E-state index in [9.17, 15) is 9.59 Å². The summed E-state index contributed by atoms with van der Waals surface area (Å²) >= 11 is 1.38. The molecule has 3 aromatic carbocycles. The first-order valence-electron chi connectivity index (χ1n) is 10.2. The zero-order chi connectivity index (χ0) is 22.3. The number of carbonyl (C=O) groups excluding carboxylic acids is 2. The van der Waals surface area contributed by atoms with E-state index in [-0.39, 0.29) is 11.8 Å². The summed E-state index contributed by atoms with van der Waals surface area (Å²) in [6, 6.07) is 25.9. The lowest BCUT2D eigenvalue weighted by Gasteiger charge is -2.08. The van der Waals surface area contributed by atoms with Crippen molar-refractivity contribution in [1.29, 1.82) is 0 Å². The largest absolute Gasteiger partial charge is 0.322 e. The van der Waals surface area contributed by atoms with Crippen LogP contribution in [0.2, 0.25) is 0 Å². The van der Waals surface area contributed by atoms with Gasteiger partial charge in [-0.1, -0.05) is 66.8 Å². The number of benzene rings is 3. The van der Waals surface area contributed by atoms with Gasteiger partial charge in [-0.15, -0.1) is 10.2 Å². The second kappa shape index (κ2) is 9.98. The van der Waals surface area contributed by atoms with Gasteiger partial charge in [0.25, 0.3) is 11.8 Å². The van der Waals surface area contributed by atoms with Crippen molar-refractivity contribution in [2.75, 3.05) is 10.6 Å². The van der Waals surface area contributed by atoms with Crippen LogP contribution in [0.3, 0.4) is 0 Å². The van der Waals surface area contributed by atoms with Crippen LogP contribution in [0.1, 0.15) is 44.1 Å². The molecule has 4 rings (SSSR count). The zero-order valence-electron chi connectivity index (χ0n) is 17.5. The van der Waals surface area contributed by atoms with E-state index in [0.29, 0.717) is 27.9 Å². The molecule has 0 saturated carbocycles. The normalized spacial score (nSPS) is 11.5. The highest BCUT2D eigenvalue weighted by Crippen LogP contribution is 2.24. The van der Waals surface area contributed by atoms with Crippen LogP contribution in [0.4, 0.5) is 10.8 Å². The predicted octanol–water partition coefficient (Wildman–Crippen LogP) is 5.39. The topological polar surface area (TPSA) is 84.0 Å². The zero-order valence-corrected chi connectivity index (χ0v) is 18.3. The lowest BCUT2D eigenvalue weighted by molar-refractivity contribution is 0.102. The maximum Gasteiger partial charge on any atom is 0.257 e. The van der Waals surface area contributed by atoms with E-state index in [2.05, 4.69) is 39.9 Å². The molecule has 2 N–H and O–H groups in total. The minimum Gasteiger partial charge on any atom is -0.322 e. The summed E-state index contributed by atoms with van der Waals surface area (Å²) in [5.74, 6) is -0.162. The predicted molar refractivity (Wildman–Crippen MR) is 127 cm³/mol. The van der Waals surface area contributed by atoms with Crippen LogP contribution in [0, 0.1) is 0 Å². The molecule has 0 fully saturated rings. The Kier molecular flexibility index (Phi) is 6.67. The van der Waals surface area contributed by atoms with Crippen LogP contribution >= 0.6 is 11.3 Å². The molecule has 0 radical (unpaired) electrons.